The second kappa shape index (κ2) is 6.57. The Balaban J connectivity index is 1.44. The van der Waals surface area contributed by atoms with Gasteiger partial charge in [0.25, 0.3) is 0 Å². The third-order valence-corrected chi connectivity index (χ3v) is 5.34. The predicted molar refractivity (Wildman–Crippen MR) is 87.1 cm³/mol. The number of rotatable bonds is 5. The van der Waals surface area contributed by atoms with Gasteiger partial charge >= 0.3 is 0 Å². The maximum Gasteiger partial charge on any atom is 0.233 e. The van der Waals surface area contributed by atoms with Crippen LogP contribution < -0.4 is 5.32 Å². The molecule has 116 valence electrons. The second-order valence-corrected chi connectivity index (χ2v) is 6.86. The number of hydrogen-bond acceptors (Lipinski definition) is 4. The fourth-order valence-electron chi connectivity index (χ4n) is 2.78. The average molecular weight is 316 g/mol. The molecule has 5 heteroatoms. The number of thioether (sulfide) groups is 1. The molecule has 1 amide bonds. The molecular weight excluding hydrogens is 296 g/mol. The number of hydrogen-bond donors (Lipinski definition) is 1. The largest absolute Gasteiger partial charge is 0.361 e. The molecule has 1 atom stereocenters. The minimum absolute atomic E-state index is 0.0106. The molecule has 0 fully saturated rings. The van der Waals surface area contributed by atoms with Gasteiger partial charge in [0.15, 0.2) is 0 Å². The van der Waals surface area contributed by atoms with E-state index in [4.69, 9.17) is 4.52 Å². The summed E-state index contributed by atoms with van der Waals surface area (Å²) in [5, 5.41) is 7.01. The SMILES string of the molecule is Cc1noc(C)c1CCCNC(=O)[C@H]1Cc2ccccc2S1. The molecule has 0 unspecified atom stereocenters. The fourth-order valence-corrected chi connectivity index (χ4v) is 4.00. The van der Waals surface area contributed by atoms with Crippen LogP contribution in [0, 0.1) is 13.8 Å². The van der Waals surface area contributed by atoms with Crippen LogP contribution in [0.4, 0.5) is 0 Å². The van der Waals surface area contributed by atoms with Crippen LogP contribution in [0.15, 0.2) is 33.7 Å². The zero-order valence-corrected chi connectivity index (χ0v) is 13.7. The van der Waals surface area contributed by atoms with Gasteiger partial charge in [0.2, 0.25) is 5.91 Å². The summed E-state index contributed by atoms with van der Waals surface area (Å²) in [6.07, 6.45) is 2.62. The van der Waals surface area contributed by atoms with Crippen molar-refractivity contribution < 1.29 is 9.32 Å². The Kier molecular flexibility index (Phi) is 4.52. The molecule has 1 N–H and O–H groups in total. The van der Waals surface area contributed by atoms with Crippen molar-refractivity contribution in [2.24, 2.45) is 0 Å². The van der Waals surface area contributed by atoms with Gasteiger partial charge in [0.05, 0.1) is 10.9 Å². The third-order valence-electron chi connectivity index (χ3n) is 4.02. The van der Waals surface area contributed by atoms with E-state index in [-0.39, 0.29) is 11.2 Å². The van der Waals surface area contributed by atoms with Gasteiger partial charge < -0.3 is 9.84 Å². The van der Waals surface area contributed by atoms with Crippen LogP contribution in [-0.2, 0) is 17.6 Å². The molecule has 1 aliphatic rings. The highest BCUT2D eigenvalue weighted by molar-refractivity contribution is 8.01. The van der Waals surface area contributed by atoms with Crippen LogP contribution in [-0.4, -0.2) is 22.9 Å². The van der Waals surface area contributed by atoms with Crippen molar-refractivity contribution in [1.82, 2.24) is 10.5 Å². The van der Waals surface area contributed by atoms with E-state index in [1.165, 1.54) is 10.5 Å². The highest BCUT2D eigenvalue weighted by Crippen LogP contribution is 2.36. The smallest absolute Gasteiger partial charge is 0.233 e. The minimum Gasteiger partial charge on any atom is -0.361 e. The van der Waals surface area contributed by atoms with Crippen molar-refractivity contribution in [2.45, 2.75) is 43.3 Å². The van der Waals surface area contributed by atoms with Crippen molar-refractivity contribution in [3.8, 4) is 0 Å². The van der Waals surface area contributed by atoms with Crippen molar-refractivity contribution in [3.63, 3.8) is 0 Å². The number of nitrogens with one attached hydrogen (secondary N) is 1. The Morgan fingerprint density at radius 3 is 2.95 bits per heavy atom. The lowest BCUT2D eigenvalue weighted by Gasteiger charge is -2.09. The first kappa shape index (κ1) is 15.2. The van der Waals surface area contributed by atoms with Gasteiger partial charge in [-0.3, -0.25) is 4.79 Å². The molecule has 2 heterocycles. The van der Waals surface area contributed by atoms with E-state index in [9.17, 15) is 4.79 Å². The Labute approximate surface area is 134 Å². The van der Waals surface area contributed by atoms with E-state index in [0.29, 0.717) is 6.54 Å². The van der Waals surface area contributed by atoms with Crippen molar-refractivity contribution in [2.75, 3.05) is 6.54 Å². The Hall–Kier alpha value is -1.75. The maximum atomic E-state index is 12.2. The number of nitrogens with zero attached hydrogens (tertiary/aromatic N) is 1. The van der Waals surface area contributed by atoms with E-state index in [2.05, 4.69) is 22.6 Å². The van der Waals surface area contributed by atoms with E-state index >= 15 is 0 Å². The number of carbonyl (C=O) groups is 1. The first-order valence-electron chi connectivity index (χ1n) is 7.59. The molecule has 2 aromatic rings. The van der Waals surface area contributed by atoms with Gasteiger partial charge in [0, 0.05) is 17.0 Å². The lowest BCUT2D eigenvalue weighted by atomic mass is 10.1. The van der Waals surface area contributed by atoms with Crippen molar-refractivity contribution in [1.29, 1.82) is 0 Å². The fraction of sp³-hybridized carbons (Fsp3) is 0.412. The first-order chi connectivity index (χ1) is 10.6. The Bertz CT molecular complexity index is 637. The number of fused-ring (bicyclic) bond motifs is 1. The zero-order chi connectivity index (χ0) is 15.5. The highest BCUT2D eigenvalue weighted by Gasteiger charge is 2.27. The summed E-state index contributed by atoms with van der Waals surface area (Å²) >= 11 is 1.67. The van der Waals surface area contributed by atoms with Gasteiger partial charge in [-0.2, -0.15) is 0 Å². The quantitative estimate of drug-likeness (QED) is 0.861. The molecule has 0 saturated carbocycles. The monoisotopic (exact) mass is 316 g/mol. The summed E-state index contributed by atoms with van der Waals surface area (Å²) in [5.41, 5.74) is 3.39. The Morgan fingerprint density at radius 1 is 1.41 bits per heavy atom. The standard InChI is InChI=1S/C17H20N2O2S/c1-11-14(12(2)21-19-11)7-5-9-18-17(20)16-10-13-6-3-4-8-15(13)22-16/h3-4,6,8,16H,5,7,9-10H2,1-2H3,(H,18,20)/t16-/m1/s1. The molecule has 3 rings (SSSR count). The summed E-state index contributed by atoms with van der Waals surface area (Å²) in [5.74, 6) is 1.02. The van der Waals surface area contributed by atoms with E-state index in [1.807, 2.05) is 26.0 Å². The van der Waals surface area contributed by atoms with Gasteiger partial charge in [-0.25, -0.2) is 0 Å². The van der Waals surface area contributed by atoms with Gasteiger partial charge in [-0.05, 0) is 44.7 Å². The topological polar surface area (TPSA) is 55.1 Å². The molecule has 0 aliphatic carbocycles. The third kappa shape index (κ3) is 3.19. The predicted octanol–water partition coefficient (Wildman–Crippen LogP) is 3.06. The maximum absolute atomic E-state index is 12.2. The first-order valence-corrected chi connectivity index (χ1v) is 8.47. The molecular formula is C17H20N2O2S. The Morgan fingerprint density at radius 2 is 2.23 bits per heavy atom. The number of amides is 1. The zero-order valence-electron chi connectivity index (χ0n) is 12.9. The summed E-state index contributed by atoms with van der Waals surface area (Å²) in [6.45, 7) is 4.58. The molecule has 0 spiro atoms. The van der Waals surface area contributed by atoms with E-state index in [1.54, 1.807) is 11.8 Å². The molecule has 1 aliphatic heterocycles. The summed E-state index contributed by atoms with van der Waals surface area (Å²) in [4.78, 5) is 13.5. The number of carbonyl (C=O) groups excluding carboxylic acids is 1. The van der Waals surface area contributed by atoms with Crippen LogP contribution in [0.25, 0.3) is 0 Å². The lowest BCUT2D eigenvalue weighted by molar-refractivity contribution is -0.120. The minimum atomic E-state index is 0.0106. The summed E-state index contributed by atoms with van der Waals surface area (Å²) < 4.78 is 5.15. The van der Waals surface area contributed by atoms with Gasteiger partial charge in [-0.1, -0.05) is 23.4 Å². The van der Waals surface area contributed by atoms with Crippen molar-refractivity contribution >= 4 is 17.7 Å². The van der Waals surface area contributed by atoms with Crippen molar-refractivity contribution in [3.05, 3.63) is 46.8 Å². The number of aryl methyl sites for hydroxylation is 2. The second-order valence-electron chi connectivity index (χ2n) is 5.62. The molecule has 0 saturated heterocycles. The molecule has 1 aromatic heterocycles. The molecule has 4 nitrogen and oxygen atoms in total. The highest BCUT2D eigenvalue weighted by atomic mass is 32.2. The molecule has 0 bridgehead atoms. The van der Waals surface area contributed by atoms with Crippen LogP contribution >= 0.6 is 11.8 Å². The van der Waals surface area contributed by atoms with Gasteiger partial charge in [-0.15, -0.1) is 11.8 Å². The normalized spacial score (nSPS) is 16.5. The number of aromatic nitrogens is 1. The van der Waals surface area contributed by atoms with Crippen LogP contribution in [0.3, 0.4) is 0 Å². The van der Waals surface area contributed by atoms with Gasteiger partial charge in [0.1, 0.15) is 5.76 Å². The summed E-state index contributed by atoms with van der Waals surface area (Å²) in [7, 11) is 0. The molecule has 0 radical (unpaired) electrons. The van der Waals surface area contributed by atoms with E-state index in [0.717, 1.165) is 36.3 Å². The molecule has 1 aromatic carbocycles. The summed E-state index contributed by atoms with van der Waals surface area (Å²) in [6, 6.07) is 8.25. The van der Waals surface area contributed by atoms with Crippen LogP contribution in [0.1, 0.15) is 29.0 Å². The van der Waals surface area contributed by atoms with Crippen LogP contribution in [0.2, 0.25) is 0 Å². The average Bonchev–Trinajstić information content (AvgIpc) is 3.08. The van der Waals surface area contributed by atoms with Crippen LogP contribution in [0.5, 0.6) is 0 Å². The molecule has 22 heavy (non-hydrogen) atoms. The number of benzene rings is 1. The lowest BCUT2D eigenvalue weighted by Crippen LogP contribution is -2.33. The van der Waals surface area contributed by atoms with E-state index < -0.39 is 0 Å².